The van der Waals surface area contributed by atoms with Crippen LogP contribution in [0.5, 0.6) is 0 Å². The highest BCUT2D eigenvalue weighted by molar-refractivity contribution is 5.10. The molecule has 0 radical (unpaired) electrons. The molecule has 1 rings (SSSR count). The minimum Gasteiger partial charge on any atom is -0.389 e. The summed E-state index contributed by atoms with van der Waals surface area (Å²) in [4.78, 5) is 0. The van der Waals surface area contributed by atoms with Crippen molar-refractivity contribution in [2.45, 2.75) is 20.3 Å². The van der Waals surface area contributed by atoms with E-state index in [-0.39, 0.29) is 5.41 Å². The molecule has 2 heteroatoms. The van der Waals surface area contributed by atoms with E-state index in [4.69, 9.17) is 5.11 Å². The average molecular weight is 144 g/mol. The SMILES string of the molecule is CC1(C)CC1C=C(F)CO. The summed E-state index contributed by atoms with van der Waals surface area (Å²) in [7, 11) is 0. The van der Waals surface area contributed by atoms with Crippen LogP contribution in [-0.4, -0.2) is 11.7 Å². The minimum absolute atomic E-state index is 0.270. The van der Waals surface area contributed by atoms with Gasteiger partial charge in [-0.05, 0) is 23.8 Å². The number of halogens is 1. The van der Waals surface area contributed by atoms with Gasteiger partial charge in [-0.2, -0.15) is 0 Å². The van der Waals surface area contributed by atoms with Crippen LogP contribution < -0.4 is 0 Å². The van der Waals surface area contributed by atoms with Crippen molar-refractivity contribution in [1.82, 2.24) is 0 Å². The molecule has 10 heavy (non-hydrogen) atoms. The fraction of sp³-hybridized carbons (Fsp3) is 0.750. The molecule has 0 aliphatic heterocycles. The standard InChI is InChI=1S/C8H13FO/c1-8(2)4-6(8)3-7(9)5-10/h3,6,10H,4-5H2,1-2H3. The molecule has 0 bridgehead atoms. The Morgan fingerprint density at radius 3 is 2.60 bits per heavy atom. The molecule has 58 valence electrons. The van der Waals surface area contributed by atoms with Crippen LogP contribution in [0.15, 0.2) is 11.9 Å². The molecule has 1 N–H and O–H groups in total. The van der Waals surface area contributed by atoms with Crippen LogP contribution in [0, 0.1) is 11.3 Å². The first-order chi connectivity index (χ1) is 4.56. The van der Waals surface area contributed by atoms with E-state index in [1.54, 1.807) is 0 Å². The summed E-state index contributed by atoms with van der Waals surface area (Å²) in [6.45, 7) is 3.74. The molecule has 0 aromatic rings. The number of aliphatic hydroxyl groups excluding tert-OH is 1. The van der Waals surface area contributed by atoms with Crippen LogP contribution in [-0.2, 0) is 0 Å². The van der Waals surface area contributed by atoms with Crippen molar-refractivity contribution in [2.75, 3.05) is 6.61 Å². The first-order valence-electron chi connectivity index (χ1n) is 3.53. The molecular formula is C8H13FO. The molecule has 0 aromatic carbocycles. The lowest BCUT2D eigenvalue weighted by molar-refractivity contribution is 0.296. The normalized spacial score (nSPS) is 30.4. The van der Waals surface area contributed by atoms with E-state index in [2.05, 4.69) is 13.8 Å². The van der Waals surface area contributed by atoms with Gasteiger partial charge in [0.25, 0.3) is 0 Å². The van der Waals surface area contributed by atoms with Gasteiger partial charge in [-0.25, -0.2) is 4.39 Å². The lowest BCUT2D eigenvalue weighted by atomic mass is 10.1. The number of aliphatic hydroxyl groups is 1. The molecule has 1 atom stereocenters. The Bertz CT molecular complexity index is 161. The van der Waals surface area contributed by atoms with Crippen molar-refractivity contribution < 1.29 is 9.50 Å². The van der Waals surface area contributed by atoms with Gasteiger partial charge in [0.2, 0.25) is 0 Å². The predicted octanol–water partition coefficient (Wildman–Crippen LogP) is 1.88. The van der Waals surface area contributed by atoms with Crippen LogP contribution in [0.3, 0.4) is 0 Å². The second-order valence-electron chi connectivity index (χ2n) is 3.57. The molecule has 1 unspecified atom stereocenters. The maximum atomic E-state index is 12.4. The van der Waals surface area contributed by atoms with E-state index in [0.29, 0.717) is 5.92 Å². The highest BCUT2D eigenvalue weighted by Gasteiger charge is 2.44. The van der Waals surface area contributed by atoms with Crippen LogP contribution in [0.25, 0.3) is 0 Å². The van der Waals surface area contributed by atoms with Gasteiger partial charge in [-0.15, -0.1) is 0 Å². The van der Waals surface area contributed by atoms with E-state index in [1.165, 1.54) is 6.08 Å². The van der Waals surface area contributed by atoms with Gasteiger partial charge < -0.3 is 5.11 Å². The predicted molar refractivity (Wildman–Crippen MR) is 38.2 cm³/mol. The molecule has 1 fully saturated rings. The number of allylic oxidation sites excluding steroid dienone is 1. The second kappa shape index (κ2) is 2.35. The summed E-state index contributed by atoms with van der Waals surface area (Å²) in [5.74, 6) is -0.0461. The maximum Gasteiger partial charge on any atom is 0.122 e. The third-order valence-electron chi connectivity index (χ3n) is 2.12. The zero-order valence-corrected chi connectivity index (χ0v) is 6.39. The van der Waals surface area contributed by atoms with Crippen molar-refractivity contribution in [3.63, 3.8) is 0 Å². The topological polar surface area (TPSA) is 20.2 Å². The van der Waals surface area contributed by atoms with Gasteiger partial charge in [0.15, 0.2) is 0 Å². The zero-order valence-electron chi connectivity index (χ0n) is 6.39. The third-order valence-corrected chi connectivity index (χ3v) is 2.12. The fourth-order valence-corrected chi connectivity index (χ4v) is 1.06. The lowest BCUT2D eigenvalue weighted by Crippen LogP contribution is -1.89. The number of rotatable bonds is 2. The summed E-state index contributed by atoms with van der Waals surface area (Å²) in [6.07, 6.45) is 2.57. The molecule has 0 amide bonds. The maximum absolute atomic E-state index is 12.4. The first kappa shape index (κ1) is 7.73. The molecule has 0 heterocycles. The van der Waals surface area contributed by atoms with Crippen molar-refractivity contribution in [1.29, 1.82) is 0 Å². The molecule has 1 saturated carbocycles. The summed E-state index contributed by atoms with van der Waals surface area (Å²) in [5, 5.41) is 8.34. The van der Waals surface area contributed by atoms with E-state index < -0.39 is 12.4 Å². The number of hydrogen-bond donors (Lipinski definition) is 1. The first-order valence-corrected chi connectivity index (χ1v) is 3.53. The van der Waals surface area contributed by atoms with Crippen molar-refractivity contribution in [3.05, 3.63) is 11.9 Å². The Hall–Kier alpha value is -0.370. The van der Waals surface area contributed by atoms with Gasteiger partial charge in [-0.3, -0.25) is 0 Å². The second-order valence-corrected chi connectivity index (χ2v) is 3.57. The summed E-state index contributed by atoms with van der Waals surface area (Å²) in [5.41, 5.74) is 0.270. The summed E-state index contributed by atoms with van der Waals surface area (Å²) < 4.78 is 12.4. The van der Waals surface area contributed by atoms with Gasteiger partial charge in [0.1, 0.15) is 5.83 Å². The lowest BCUT2D eigenvalue weighted by Gasteiger charge is -1.96. The van der Waals surface area contributed by atoms with Crippen LogP contribution in [0.1, 0.15) is 20.3 Å². The monoisotopic (exact) mass is 144 g/mol. The number of hydrogen-bond acceptors (Lipinski definition) is 1. The molecule has 1 aliphatic carbocycles. The summed E-state index contributed by atoms with van der Waals surface area (Å²) >= 11 is 0. The Morgan fingerprint density at radius 2 is 2.30 bits per heavy atom. The molecule has 0 saturated heterocycles. The average Bonchev–Trinajstić information content (AvgIpc) is 2.40. The van der Waals surface area contributed by atoms with Crippen molar-refractivity contribution in [2.24, 2.45) is 11.3 Å². The molecule has 0 spiro atoms. The van der Waals surface area contributed by atoms with E-state index >= 15 is 0 Å². The molecular weight excluding hydrogens is 131 g/mol. The highest BCUT2D eigenvalue weighted by atomic mass is 19.1. The van der Waals surface area contributed by atoms with Crippen LogP contribution in [0.4, 0.5) is 4.39 Å². The third kappa shape index (κ3) is 1.57. The van der Waals surface area contributed by atoms with Crippen molar-refractivity contribution >= 4 is 0 Å². The van der Waals surface area contributed by atoms with Gasteiger partial charge in [0.05, 0.1) is 6.61 Å². The van der Waals surface area contributed by atoms with E-state index in [1.807, 2.05) is 0 Å². The van der Waals surface area contributed by atoms with Gasteiger partial charge in [-0.1, -0.05) is 13.8 Å². The zero-order chi connectivity index (χ0) is 7.78. The Balaban J connectivity index is 2.42. The van der Waals surface area contributed by atoms with Gasteiger partial charge in [0, 0.05) is 0 Å². The minimum atomic E-state index is -0.452. The molecule has 0 aromatic heterocycles. The Kier molecular flexibility index (Phi) is 1.82. The smallest absolute Gasteiger partial charge is 0.122 e. The highest BCUT2D eigenvalue weighted by Crippen LogP contribution is 2.52. The Labute approximate surface area is 60.6 Å². The van der Waals surface area contributed by atoms with Crippen molar-refractivity contribution in [3.8, 4) is 0 Å². The Morgan fingerprint density at radius 1 is 1.80 bits per heavy atom. The van der Waals surface area contributed by atoms with Crippen LogP contribution in [0.2, 0.25) is 0 Å². The van der Waals surface area contributed by atoms with E-state index in [9.17, 15) is 4.39 Å². The molecule has 1 aliphatic rings. The largest absolute Gasteiger partial charge is 0.389 e. The van der Waals surface area contributed by atoms with Crippen LogP contribution >= 0.6 is 0 Å². The van der Waals surface area contributed by atoms with E-state index in [0.717, 1.165) is 6.42 Å². The van der Waals surface area contributed by atoms with Gasteiger partial charge >= 0.3 is 0 Å². The summed E-state index contributed by atoms with van der Waals surface area (Å²) in [6, 6.07) is 0. The molecule has 1 nitrogen and oxygen atoms in total. The quantitative estimate of drug-likeness (QED) is 0.627. The fourth-order valence-electron chi connectivity index (χ4n) is 1.06.